The van der Waals surface area contributed by atoms with Crippen LogP contribution < -0.4 is 5.32 Å². The van der Waals surface area contributed by atoms with Gasteiger partial charge in [-0.05, 0) is 19.8 Å². The Balaban J connectivity index is 1.65. The standard InChI is InChI=1S/C14H21FN4O3S/c1-2-23(20,21)19-5-3-4-14(10-19)6-12(9-22-14)18-13-16-7-11(15)8-17-13/h7-8,12H,2-6,9-10H2,1H3,(H,16,17,18)/t12-,14+/m0/s1. The van der Waals surface area contributed by atoms with Gasteiger partial charge in [-0.1, -0.05) is 0 Å². The van der Waals surface area contributed by atoms with Gasteiger partial charge in [0.05, 0.1) is 36.4 Å². The second-order valence-corrected chi connectivity index (χ2v) is 8.36. The molecule has 1 aromatic rings. The maximum atomic E-state index is 12.8. The first kappa shape index (κ1) is 16.5. The molecule has 7 nitrogen and oxygen atoms in total. The molecule has 0 amide bonds. The summed E-state index contributed by atoms with van der Waals surface area (Å²) in [7, 11) is -3.20. The van der Waals surface area contributed by atoms with Crippen LogP contribution in [0.1, 0.15) is 26.2 Å². The fraction of sp³-hybridized carbons (Fsp3) is 0.714. The van der Waals surface area contributed by atoms with Gasteiger partial charge >= 0.3 is 0 Å². The zero-order chi connectivity index (χ0) is 16.5. The molecule has 1 spiro atoms. The Morgan fingerprint density at radius 2 is 2.22 bits per heavy atom. The second-order valence-electron chi connectivity index (χ2n) is 6.10. The van der Waals surface area contributed by atoms with E-state index in [1.54, 1.807) is 6.92 Å². The number of halogens is 1. The first-order chi connectivity index (χ1) is 10.9. The van der Waals surface area contributed by atoms with E-state index in [1.807, 2.05) is 0 Å². The van der Waals surface area contributed by atoms with Crippen LogP contribution in [0.5, 0.6) is 0 Å². The number of ether oxygens (including phenoxy) is 1. The quantitative estimate of drug-likeness (QED) is 0.877. The van der Waals surface area contributed by atoms with Crippen LogP contribution in [0.4, 0.5) is 10.3 Å². The number of hydrogen-bond acceptors (Lipinski definition) is 6. The maximum Gasteiger partial charge on any atom is 0.223 e. The highest BCUT2D eigenvalue weighted by molar-refractivity contribution is 7.89. The summed E-state index contributed by atoms with van der Waals surface area (Å²) in [5.74, 6) is -0.0259. The zero-order valence-electron chi connectivity index (χ0n) is 13.0. The van der Waals surface area contributed by atoms with Gasteiger partial charge in [-0.2, -0.15) is 4.31 Å². The summed E-state index contributed by atoms with van der Waals surface area (Å²) < 4.78 is 44.5. The molecule has 1 N–H and O–H groups in total. The predicted octanol–water partition coefficient (Wildman–Crippen LogP) is 1.00. The summed E-state index contributed by atoms with van der Waals surface area (Å²) in [6.45, 7) is 3.06. The lowest BCUT2D eigenvalue weighted by molar-refractivity contribution is -0.0329. The highest BCUT2D eigenvalue weighted by Crippen LogP contribution is 2.36. The minimum absolute atomic E-state index is 0.00950. The van der Waals surface area contributed by atoms with Crippen molar-refractivity contribution in [2.24, 2.45) is 0 Å². The van der Waals surface area contributed by atoms with Crippen molar-refractivity contribution >= 4 is 16.0 Å². The van der Waals surface area contributed by atoms with Crippen LogP contribution in [-0.4, -0.2) is 59.8 Å². The van der Waals surface area contributed by atoms with Gasteiger partial charge in [0.15, 0.2) is 5.82 Å². The summed E-state index contributed by atoms with van der Waals surface area (Å²) in [4.78, 5) is 7.77. The molecular weight excluding hydrogens is 323 g/mol. The van der Waals surface area contributed by atoms with Crippen LogP contribution in [0.15, 0.2) is 12.4 Å². The van der Waals surface area contributed by atoms with Gasteiger partial charge in [0, 0.05) is 19.5 Å². The Hall–Kier alpha value is -1.32. The Labute approximate surface area is 135 Å². The summed E-state index contributed by atoms with van der Waals surface area (Å²) in [6.07, 6.45) is 4.53. The van der Waals surface area contributed by atoms with Crippen molar-refractivity contribution in [3.05, 3.63) is 18.2 Å². The zero-order valence-corrected chi connectivity index (χ0v) is 13.9. The van der Waals surface area contributed by atoms with E-state index in [0.29, 0.717) is 32.1 Å². The van der Waals surface area contributed by atoms with Gasteiger partial charge in [-0.3, -0.25) is 0 Å². The Kier molecular flexibility index (Phi) is 4.52. The number of rotatable bonds is 4. The third kappa shape index (κ3) is 3.61. The lowest BCUT2D eigenvalue weighted by Crippen LogP contribution is -2.50. The molecule has 0 bridgehead atoms. The number of nitrogens with one attached hydrogen (secondary N) is 1. The highest BCUT2D eigenvalue weighted by atomic mass is 32.2. The molecule has 3 rings (SSSR count). The van der Waals surface area contributed by atoms with E-state index in [2.05, 4.69) is 15.3 Å². The topological polar surface area (TPSA) is 84.4 Å². The molecule has 2 saturated heterocycles. The fourth-order valence-corrected chi connectivity index (χ4v) is 4.47. The first-order valence-corrected chi connectivity index (χ1v) is 9.39. The van der Waals surface area contributed by atoms with Gasteiger partial charge in [-0.25, -0.2) is 22.8 Å². The maximum absolute atomic E-state index is 12.8. The molecule has 2 aliphatic heterocycles. The van der Waals surface area contributed by atoms with Crippen molar-refractivity contribution in [3.8, 4) is 0 Å². The van der Waals surface area contributed by atoms with Crippen LogP contribution >= 0.6 is 0 Å². The van der Waals surface area contributed by atoms with Crippen molar-refractivity contribution in [2.75, 3.05) is 30.8 Å². The molecule has 128 valence electrons. The number of nitrogens with zero attached hydrogens (tertiary/aromatic N) is 3. The number of aromatic nitrogens is 2. The van der Waals surface area contributed by atoms with E-state index in [-0.39, 0.29) is 11.8 Å². The normalized spacial score (nSPS) is 29.0. The van der Waals surface area contributed by atoms with Gasteiger partial charge < -0.3 is 10.1 Å². The number of hydrogen-bond donors (Lipinski definition) is 1. The lowest BCUT2D eigenvalue weighted by atomic mass is 9.90. The van der Waals surface area contributed by atoms with E-state index in [1.165, 1.54) is 4.31 Å². The molecule has 3 heterocycles. The van der Waals surface area contributed by atoms with E-state index < -0.39 is 21.4 Å². The lowest BCUT2D eigenvalue weighted by Gasteiger charge is -2.38. The van der Waals surface area contributed by atoms with Crippen LogP contribution in [0, 0.1) is 5.82 Å². The van der Waals surface area contributed by atoms with E-state index in [4.69, 9.17) is 4.74 Å². The van der Waals surface area contributed by atoms with E-state index in [0.717, 1.165) is 25.2 Å². The van der Waals surface area contributed by atoms with Gasteiger partial charge in [0.1, 0.15) is 0 Å². The SMILES string of the molecule is CCS(=O)(=O)N1CCC[C@@]2(C[C@H](Nc3ncc(F)cn3)CO2)C1. The van der Waals surface area contributed by atoms with Crippen LogP contribution in [0.2, 0.25) is 0 Å². The van der Waals surface area contributed by atoms with Crippen molar-refractivity contribution in [1.82, 2.24) is 14.3 Å². The van der Waals surface area contributed by atoms with Crippen LogP contribution in [0.25, 0.3) is 0 Å². The summed E-state index contributed by atoms with van der Waals surface area (Å²) >= 11 is 0. The van der Waals surface area contributed by atoms with Crippen LogP contribution in [-0.2, 0) is 14.8 Å². The summed E-state index contributed by atoms with van der Waals surface area (Å²) in [6, 6.07) is -0.00950. The number of sulfonamides is 1. The molecular formula is C14H21FN4O3S. The number of piperidine rings is 1. The second kappa shape index (κ2) is 6.29. The van der Waals surface area contributed by atoms with Gasteiger partial charge in [0.2, 0.25) is 16.0 Å². The Morgan fingerprint density at radius 1 is 1.48 bits per heavy atom. The molecule has 2 fully saturated rings. The molecule has 23 heavy (non-hydrogen) atoms. The third-order valence-electron chi connectivity index (χ3n) is 4.43. The first-order valence-electron chi connectivity index (χ1n) is 7.78. The van der Waals surface area contributed by atoms with Crippen molar-refractivity contribution < 1.29 is 17.5 Å². The molecule has 0 saturated carbocycles. The Bertz CT molecular complexity index is 654. The molecule has 0 aliphatic carbocycles. The minimum atomic E-state index is -3.20. The monoisotopic (exact) mass is 344 g/mol. The highest BCUT2D eigenvalue weighted by Gasteiger charge is 2.45. The average molecular weight is 344 g/mol. The molecule has 9 heteroatoms. The average Bonchev–Trinajstić information content (AvgIpc) is 2.92. The van der Waals surface area contributed by atoms with Crippen molar-refractivity contribution in [1.29, 1.82) is 0 Å². The summed E-state index contributed by atoms with van der Waals surface area (Å²) in [5, 5.41) is 3.13. The molecule has 1 aromatic heterocycles. The predicted molar refractivity (Wildman–Crippen MR) is 83.0 cm³/mol. The molecule has 0 radical (unpaired) electrons. The minimum Gasteiger partial charge on any atom is -0.371 e. The fourth-order valence-electron chi connectivity index (χ4n) is 3.27. The van der Waals surface area contributed by atoms with Gasteiger partial charge in [0.25, 0.3) is 0 Å². The van der Waals surface area contributed by atoms with Crippen LogP contribution in [0.3, 0.4) is 0 Å². The molecule has 0 unspecified atom stereocenters. The third-order valence-corrected chi connectivity index (χ3v) is 6.25. The smallest absolute Gasteiger partial charge is 0.223 e. The van der Waals surface area contributed by atoms with E-state index >= 15 is 0 Å². The largest absolute Gasteiger partial charge is 0.371 e. The molecule has 0 aromatic carbocycles. The molecule has 2 atom stereocenters. The molecule has 2 aliphatic rings. The van der Waals surface area contributed by atoms with Crippen molar-refractivity contribution in [2.45, 2.75) is 37.8 Å². The van der Waals surface area contributed by atoms with Gasteiger partial charge in [-0.15, -0.1) is 0 Å². The number of anilines is 1. The van der Waals surface area contributed by atoms with E-state index in [9.17, 15) is 12.8 Å². The summed E-state index contributed by atoms with van der Waals surface area (Å²) in [5.41, 5.74) is -0.446. The van der Waals surface area contributed by atoms with Crippen molar-refractivity contribution in [3.63, 3.8) is 0 Å². The Morgan fingerprint density at radius 3 is 2.91 bits per heavy atom.